The van der Waals surface area contributed by atoms with Crippen LogP contribution in [0.4, 0.5) is 4.39 Å². The lowest BCUT2D eigenvalue weighted by molar-refractivity contribution is 0.187. The lowest BCUT2D eigenvalue weighted by atomic mass is 10.1. The Balaban J connectivity index is 0.00000300. The van der Waals surface area contributed by atoms with Gasteiger partial charge in [0.1, 0.15) is 18.0 Å². The van der Waals surface area contributed by atoms with Gasteiger partial charge in [0.2, 0.25) is 0 Å². The van der Waals surface area contributed by atoms with Crippen LogP contribution in [0.3, 0.4) is 0 Å². The van der Waals surface area contributed by atoms with E-state index in [1.54, 1.807) is 18.5 Å². The van der Waals surface area contributed by atoms with Crippen LogP contribution in [0.2, 0.25) is 0 Å². The molecule has 1 saturated heterocycles. The zero-order valence-corrected chi connectivity index (χ0v) is 19.4. The molecule has 2 aromatic rings. The monoisotopic (exact) mass is 516 g/mol. The highest BCUT2D eigenvalue weighted by atomic mass is 127. The van der Waals surface area contributed by atoms with Gasteiger partial charge in [0.05, 0.1) is 6.61 Å². The highest BCUT2D eigenvalue weighted by Gasteiger charge is 2.16. The van der Waals surface area contributed by atoms with Crippen LogP contribution >= 0.6 is 24.0 Å². The molecular weight excluding hydrogens is 486 g/mol. The molecule has 0 aliphatic carbocycles. The molecule has 1 aromatic heterocycles. The van der Waals surface area contributed by atoms with Crippen LogP contribution in [0.5, 0.6) is 0 Å². The van der Waals surface area contributed by atoms with Crippen molar-refractivity contribution in [3.63, 3.8) is 0 Å². The van der Waals surface area contributed by atoms with Crippen molar-refractivity contribution in [1.29, 1.82) is 0 Å². The van der Waals surface area contributed by atoms with Gasteiger partial charge in [-0.05, 0) is 24.1 Å². The van der Waals surface area contributed by atoms with Crippen LogP contribution in [-0.2, 0) is 24.2 Å². The number of hydrogen-bond acceptors (Lipinski definition) is 4. The highest BCUT2D eigenvalue weighted by Crippen LogP contribution is 2.13. The molecule has 1 N–H and O–H groups in total. The normalized spacial score (nSPS) is 16.5. The van der Waals surface area contributed by atoms with E-state index >= 15 is 0 Å². The number of guanidine groups is 1. The molecule has 0 radical (unpaired) electrons. The number of aryl methyl sites for hydroxylation is 1. The molecule has 160 valence electrons. The summed E-state index contributed by atoms with van der Waals surface area (Å²) in [5.41, 5.74) is 0.910. The molecule has 9 heteroatoms. The zero-order chi connectivity index (χ0) is 19.8. The van der Waals surface area contributed by atoms with Gasteiger partial charge in [-0.15, -0.1) is 34.2 Å². The van der Waals surface area contributed by atoms with E-state index in [-0.39, 0.29) is 29.8 Å². The van der Waals surface area contributed by atoms with Crippen LogP contribution in [0.1, 0.15) is 24.7 Å². The number of aliphatic imine (C=N–C) groups is 1. The Hall–Kier alpha value is -1.75. The van der Waals surface area contributed by atoms with Crippen molar-refractivity contribution in [2.75, 3.05) is 33.4 Å². The van der Waals surface area contributed by atoms with E-state index in [0.29, 0.717) is 19.0 Å². The maximum atomic E-state index is 13.5. The van der Waals surface area contributed by atoms with Gasteiger partial charge in [0.15, 0.2) is 5.96 Å². The minimum absolute atomic E-state index is 0. The maximum absolute atomic E-state index is 13.5. The van der Waals surface area contributed by atoms with E-state index in [4.69, 9.17) is 9.73 Å². The molecule has 0 amide bonds. The van der Waals surface area contributed by atoms with Crippen LogP contribution in [0, 0.1) is 11.7 Å². The topological polar surface area (TPSA) is 67.6 Å². The number of benzene rings is 1. The lowest BCUT2D eigenvalue weighted by Crippen LogP contribution is -2.40. The van der Waals surface area contributed by atoms with E-state index in [9.17, 15) is 4.39 Å². The van der Waals surface area contributed by atoms with E-state index in [1.165, 1.54) is 6.07 Å². The standard InChI is InChI=1S/C20H29FN6O.HI/c1-3-19-25-24-15-27(19)9-8-22-20(23-12-17-7-10-28-14-17)26(2)13-16-5-4-6-18(21)11-16;/h4-6,11,15,17H,3,7-10,12-14H2,1-2H3,(H,22,23);1H. The van der Waals surface area contributed by atoms with Gasteiger partial charge in [-0.2, -0.15) is 0 Å². The SMILES string of the molecule is CCc1nncn1CCNC(=NCC1CCOC1)N(C)Cc1cccc(F)c1.I. The lowest BCUT2D eigenvalue weighted by Gasteiger charge is -2.23. The largest absolute Gasteiger partial charge is 0.381 e. The highest BCUT2D eigenvalue weighted by molar-refractivity contribution is 14.0. The Kier molecular flexibility index (Phi) is 9.79. The van der Waals surface area contributed by atoms with E-state index < -0.39 is 0 Å². The van der Waals surface area contributed by atoms with Crippen LogP contribution in [0.15, 0.2) is 35.6 Å². The first-order valence-electron chi connectivity index (χ1n) is 9.84. The third-order valence-electron chi connectivity index (χ3n) is 4.84. The molecule has 1 atom stereocenters. The predicted octanol–water partition coefficient (Wildman–Crippen LogP) is 2.71. The number of hydrogen-bond donors (Lipinski definition) is 1. The Bertz CT molecular complexity index is 778. The van der Waals surface area contributed by atoms with Crippen molar-refractivity contribution in [2.45, 2.75) is 32.9 Å². The van der Waals surface area contributed by atoms with Gasteiger partial charge in [0, 0.05) is 52.2 Å². The summed E-state index contributed by atoms with van der Waals surface area (Å²) < 4.78 is 21.0. The second-order valence-corrected chi connectivity index (χ2v) is 7.10. The minimum Gasteiger partial charge on any atom is -0.381 e. The van der Waals surface area contributed by atoms with Crippen molar-refractivity contribution in [2.24, 2.45) is 10.9 Å². The van der Waals surface area contributed by atoms with Crippen LogP contribution in [0.25, 0.3) is 0 Å². The summed E-state index contributed by atoms with van der Waals surface area (Å²) in [4.78, 5) is 6.83. The molecule has 1 aliphatic rings. The van der Waals surface area contributed by atoms with Crippen LogP contribution < -0.4 is 5.32 Å². The number of nitrogens with one attached hydrogen (secondary N) is 1. The first-order valence-corrected chi connectivity index (χ1v) is 9.84. The second-order valence-electron chi connectivity index (χ2n) is 7.10. The minimum atomic E-state index is -0.222. The van der Waals surface area contributed by atoms with Crippen molar-refractivity contribution in [3.05, 3.63) is 47.8 Å². The fourth-order valence-electron chi connectivity index (χ4n) is 3.27. The quantitative estimate of drug-likeness (QED) is 0.332. The third-order valence-corrected chi connectivity index (χ3v) is 4.84. The molecule has 1 aliphatic heterocycles. The molecule has 0 spiro atoms. The van der Waals surface area contributed by atoms with Gasteiger partial charge in [0.25, 0.3) is 0 Å². The molecule has 2 heterocycles. The molecule has 1 unspecified atom stereocenters. The van der Waals surface area contributed by atoms with E-state index in [2.05, 4.69) is 22.4 Å². The summed E-state index contributed by atoms with van der Waals surface area (Å²) >= 11 is 0. The molecule has 0 saturated carbocycles. The Morgan fingerprint density at radius 1 is 1.45 bits per heavy atom. The molecule has 1 fully saturated rings. The fraction of sp³-hybridized carbons (Fsp3) is 0.550. The molecule has 3 rings (SSSR count). The first kappa shape index (κ1) is 23.5. The number of aromatic nitrogens is 3. The Morgan fingerprint density at radius 2 is 2.31 bits per heavy atom. The van der Waals surface area contributed by atoms with Crippen LogP contribution in [-0.4, -0.2) is 59.0 Å². The third kappa shape index (κ3) is 7.22. The van der Waals surface area contributed by atoms with Gasteiger partial charge < -0.3 is 19.5 Å². The van der Waals surface area contributed by atoms with Gasteiger partial charge in [-0.3, -0.25) is 4.99 Å². The van der Waals surface area contributed by atoms with Gasteiger partial charge in [-0.1, -0.05) is 19.1 Å². The first-order chi connectivity index (χ1) is 13.7. The van der Waals surface area contributed by atoms with Crippen molar-refractivity contribution in [1.82, 2.24) is 25.0 Å². The summed E-state index contributed by atoms with van der Waals surface area (Å²) in [7, 11) is 1.97. The summed E-state index contributed by atoms with van der Waals surface area (Å²) in [6.45, 7) is 6.42. The van der Waals surface area contributed by atoms with E-state index in [1.807, 2.05) is 22.6 Å². The average molecular weight is 516 g/mol. The maximum Gasteiger partial charge on any atom is 0.194 e. The molecular formula is C20H30FIN6O. The number of halogens is 2. The van der Waals surface area contributed by atoms with Crippen molar-refractivity contribution in [3.8, 4) is 0 Å². The summed E-state index contributed by atoms with van der Waals surface area (Å²) in [5.74, 6) is 2.02. The summed E-state index contributed by atoms with van der Waals surface area (Å²) in [6.07, 6.45) is 3.65. The predicted molar refractivity (Wildman–Crippen MR) is 122 cm³/mol. The molecule has 0 bridgehead atoms. The smallest absolute Gasteiger partial charge is 0.194 e. The number of nitrogens with zero attached hydrogens (tertiary/aromatic N) is 5. The average Bonchev–Trinajstić information content (AvgIpc) is 3.36. The summed E-state index contributed by atoms with van der Waals surface area (Å²) in [5, 5.41) is 11.5. The molecule has 7 nitrogen and oxygen atoms in total. The fourth-order valence-corrected chi connectivity index (χ4v) is 3.27. The molecule has 29 heavy (non-hydrogen) atoms. The summed E-state index contributed by atoms with van der Waals surface area (Å²) in [6, 6.07) is 6.68. The van der Waals surface area contributed by atoms with Gasteiger partial charge >= 0.3 is 0 Å². The second kappa shape index (κ2) is 12.1. The Labute approximate surface area is 188 Å². The van der Waals surface area contributed by atoms with Crippen molar-refractivity contribution >= 4 is 29.9 Å². The number of rotatable bonds is 8. The van der Waals surface area contributed by atoms with Gasteiger partial charge in [-0.25, -0.2) is 4.39 Å². The van der Waals surface area contributed by atoms with Crippen molar-refractivity contribution < 1.29 is 9.13 Å². The number of ether oxygens (including phenoxy) is 1. The Morgan fingerprint density at radius 3 is 3.03 bits per heavy atom. The van der Waals surface area contributed by atoms with E-state index in [0.717, 1.165) is 56.5 Å². The zero-order valence-electron chi connectivity index (χ0n) is 17.1. The molecule has 1 aromatic carbocycles.